The van der Waals surface area contributed by atoms with Crippen molar-refractivity contribution in [2.75, 3.05) is 0 Å². The van der Waals surface area contributed by atoms with E-state index in [1.54, 1.807) is 0 Å². The van der Waals surface area contributed by atoms with Gasteiger partial charge in [0.1, 0.15) is 0 Å². The quantitative estimate of drug-likeness (QED) is 0.309. The molecule has 0 fully saturated rings. The van der Waals surface area contributed by atoms with Crippen LogP contribution in [0.4, 0.5) is 0 Å². The molecule has 2 aromatic carbocycles. The van der Waals surface area contributed by atoms with Crippen molar-refractivity contribution in [1.82, 2.24) is 0 Å². The molecule has 0 radical (unpaired) electrons. The van der Waals surface area contributed by atoms with Gasteiger partial charge in [-0.05, 0) is 5.41 Å². The first kappa shape index (κ1) is 32.4. The summed E-state index contributed by atoms with van der Waals surface area (Å²) >= 11 is 1.48. The van der Waals surface area contributed by atoms with Crippen LogP contribution < -0.4 is 0 Å². The number of allylic oxidation sites excluding steroid dienone is 8. The Labute approximate surface area is 249 Å². The van der Waals surface area contributed by atoms with Gasteiger partial charge in [0.2, 0.25) is 0 Å². The Bertz CT molecular complexity index is 1210. The molecule has 1 heteroatoms. The number of aryl methyl sites for hydroxylation is 4. The summed E-state index contributed by atoms with van der Waals surface area (Å²) in [5.74, 6) is 0.522. The van der Waals surface area contributed by atoms with Crippen LogP contribution in [0.25, 0.3) is 0 Å². The van der Waals surface area contributed by atoms with Crippen molar-refractivity contribution in [2.45, 2.75) is 89.5 Å². The van der Waals surface area contributed by atoms with Gasteiger partial charge in [0.25, 0.3) is 0 Å². The number of hydrogen-bond donors (Lipinski definition) is 0. The third-order valence-electron chi connectivity index (χ3n) is 7.01. The van der Waals surface area contributed by atoms with Crippen LogP contribution in [0.1, 0.15) is 95.2 Å². The van der Waals surface area contributed by atoms with Crippen molar-refractivity contribution in [1.29, 1.82) is 0 Å². The molecule has 1 atom stereocenters. The summed E-state index contributed by atoms with van der Waals surface area (Å²) in [6.07, 6.45) is 14.2. The molecule has 1 unspecified atom stereocenters. The molecule has 0 bridgehead atoms. The minimum absolute atomic E-state index is 0.303. The van der Waals surface area contributed by atoms with Crippen LogP contribution in [0.3, 0.4) is 0 Å². The predicted octanol–water partition coefficient (Wildman–Crippen LogP) is 10.1. The SMILES string of the molecule is CC1=[C-]CC(C(C)(C)C)=C1.CC1[C-]=CC(C(C)(C)C)=C1.Cc1ccc([C](=[Zr+2])c2ccc(C)cc2C)c(C)c1. The molecule has 0 saturated heterocycles. The Kier molecular flexibility index (Phi) is 11.5. The van der Waals surface area contributed by atoms with Crippen LogP contribution in [0.15, 0.2) is 71.3 Å². The third kappa shape index (κ3) is 9.72. The number of hydrogen-bond acceptors (Lipinski definition) is 0. The van der Waals surface area contributed by atoms with Gasteiger partial charge in [0, 0.05) is 0 Å². The Morgan fingerprint density at radius 2 is 1.29 bits per heavy atom. The maximum atomic E-state index is 3.30. The van der Waals surface area contributed by atoms with Gasteiger partial charge in [-0.15, -0.1) is 6.42 Å². The molecule has 0 saturated carbocycles. The fourth-order valence-corrected chi connectivity index (χ4v) is 5.85. The standard InChI is InChI=1S/C17H18.2C10H15.Zr/c1-12-5-7-16(14(3)9-12)11-17-8-6-13(2)10-15(17)4;2*1-8-5-6-9(7-8)10(2,3)4;/h5-10H,1-4H3;7H,6H2,1-4H3;6-8H,1-4H3;/q;2*-1;+2. The second-order valence-electron chi connectivity index (χ2n) is 12.9. The van der Waals surface area contributed by atoms with E-state index in [0.29, 0.717) is 16.7 Å². The van der Waals surface area contributed by atoms with E-state index in [0.717, 1.165) is 6.42 Å². The van der Waals surface area contributed by atoms with Gasteiger partial charge in [0.05, 0.1) is 0 Å². The molecule has 0 heterocycles. The van der Waals surface area contributed by atoms with E-state index in [1.165, 1.54) is 77.5 Å². The monoisotopic (exact) mass is 582 g/mol. The van der Waals surface area contributed by atoms with E-state index in [4.69, 9.17) is 0 Å². The summed E-state index contributed by atoms with van der Waals surface area (Å²) in [6, 6.07) is 13.5. The molecule has 0 aromatic heterocycles. The number of benzene rings is 2. The van der Waals surface area contributed by atoms with Crippen molar-refractivity contribution < 1.29 is 24.2 Å². The molecule has 0 spiro atoms. The normalized spacial score (nSPS) is 16.6. The molecule has 0 nitrogen and oxygen atoms in total. The Hall–Kier alpha value is -1.85. The molecule has 0 amide bonds. The van der Waals surface area contributed by atoms with E-state index in [1.807, 2.05) is 0 Å². The van der Waals surface area contributed by atoms with E-state index in [-0.39, 0.29) is 0 Å². The molecule has 0 aliphatic heterocycles. The summed E-state index contributed by atoms with van der Waals surface area (Å²) in [6.45, 7) is 26.4. The zero-order valence-corrected chi connectivity index (χ0v) is 28.4. The van der Waals surface area contributed by atoms with Crippen LogP contribution >= 0.6 is 0 Å². The van der Waals surface area contributed by atoms with E-state index < -0.39 is 0 Å². The fraction of sp³-hybridized carbons (Fsp3) is 0.432. The van der Waals surface area contributed by atoms with Gasteiger partial charge in [-0.25, -0.2) is 17.7 Å². The molecule has 2 aliphatic rings. The summed E-state index contributed by atoms with van der Waals surface area (Å²) in [4.78, 5) is 0. The topological polar surface area (TPSA) is 0 Å². The van der Waals surface area contributed by atoms with Crippen molar-refractivity contribution in [2.24, 2.45) is 16.7 Å². The van der Waals surface area contributed by atoms with E-state index in [2.05, 4.69) is 150 Å². The fourth-order valence-electron chi connectivity index (χ4n) is 4.47. The van der Waals surface area contributed by atoms with Gasteiger partial charge in [-0.2, -0.15) is 17.2 Å². The molecule has 0 N–H and O–H groups in total. The van der Waals surface area contributed by atoms with Crippen LogP contribution in [0.5, 0.6) is 0 Å². The van der Waals surface area contributed by atoms with Gasteiger partial charge in [-0.1, -0.05) is 66.7 Å². The first-order valence-electron chi connectivity index (χ1n) is 13.8. The summed E-state index contributed by atoms with van der Waals surface area (Å²) in [5.41, 5.74) is 13.1. The first-order chi connectivity index (χ1) is 17.5. The van der Waals surface area contributed by atoms with E-state index >= 15 is 0 Å². The molecule has 2 aliphatic carbocycles. The maximum absolute atomic E-state index is 3.30. The third-order valence-corrected chi connectivity index (χ3v) is 8.34. The van der Waals surface area contributed by atoms with Crippen LogP contribution in [0, 0.1) is 56.6 Å². The van der Waals surface area contributed by atoms with Crippen molar-refractivity contribution in [3.05, 3.63) is 117 Å². The van der Waals surface area contributed by atoms with Crippen LogP contribution in [-0.2, 0) is 24.2 Å². The van der Waals surface area contributed by atoms with Crippen molar-refractivity contribution in [3.63, 3.8) is 0 Å². The molecule has 200 valence electrons. The predicted molar refractivity (Wildman–Crippen MR) is 164 cm³/mol. The molecular weight excluding hydrogens is 536 g/mol. The second kappa shape index (κ2) is 13.5. The Morgan fingerprint density at radius 1 is 0.789 bits per heavy atom. The first-order valence-corrected chi connectivity index (χ1v) is 15.1. The second-order valence-corrected chi connectivity index (χ2v) is 14.2. The summed E-state index contributed by atoms with van der Waals surface area (Å²) < 4.78 is 1.46. The molecule has 4 rings (SSSR count). The van der Waals surface area contributed by atoms with E-state index in [9.17, 15) is 0 Å². The van der Waals surface area contributed by atoms with Gasteiger partial charge >= 0.3 is 125 Å². The minimum atomic E-state index is 0.303. The molecule has 38 heavy (non-hydrogen) atoms. The van der Waals surface area contributed by atoms with Crippen molar-refractivity contribution >= 4 is 3.21 Å². The van der Waals surface area contributed by atoms with Crippen molar-refractivity contribution in [3.8, 4) is 0 Å². The van der Waals surface area contributed by atoms with Gasteiger partial charge < -0.3 is 0 Å². The molecular formula is C37H48Zr. The Balaban J connectivity index is 0.000000216. The number of rotatable bonds is 2. The molecule has 2 aromatic rings. The Morgan fingerprint density at radius 3 is 1.55 bits per heavy atom. The average Bonchev–Trinajstić information content (AvgIpc) is 3.42. The average molecular weight is 584 g/mol. The zero-order chi connectivity index (χ0) is 28.8. The summed E-state index contributed by atoms with van der Waals surface area (Å²) in [5, 5.41) is 0. The van der Waals surface area contributed by atoms with Crippen LogP contribution in [-0.4, -0.2) is 3.21 Å². The van der Waals surface area contributed by atoms with Gasteiger partial charge in [0.15, 0.2) is 0 Å². The van der Waals surface area contributed by atoms with Crippen LogP contribution in [0.2, 0.25) is 0 Å². The van der Waals surface area contributed by atoms with Gasteiger partial charge in [-0.3, -0.25) is 12.2 Å². The summed E-state index contributed by atoms with van der Waals surface area (Å²) in [7, 11) is 0. The zero-order valence-electron chi connectivity index (χ0n) is 26.0.